The zero-order valence-electron chi connectivity index (χ0n) is 11.3. The third kappa shape index (κ3) is 2.08. The number of ether oxygens (including phenoxy) is 1. The topological polar surface area (TPSA) is 186 Å². The number of rotatable bonds is 2. The number of imidazole rings is 1. The molecule has 4 heterocycles. The van der Waals surface area contributed by atoms with Crippen LogP contribution in [0.1, 0.15) is 18.2 Å². The van der Waals surface area contributed by atoms with Gasteiger partial charge >= 0.3 is 7.82 Å². The first-order valence-corrected chi connectivity index (χ1v) is 8.05. The molecule has 1 saturated heterocycles. The molecule has 23 heavy (non-hydrogen) atoms. The highest BCUT2D eigenvalue weighted by molar-refractivity contribution is 7.46. The van der Waals surface area contributed by atoms with Crippen molar-refractivity contribution < 1.29 is 33.8 Å². The van der Waals surface area contributed by atoms with E-state index in [9.17, 15) is 14.8 Å². The van der Waals surface area contributed by atoms with E-state index in [1.165, 1.54) is 10.9 Å². The predicted molar refractivity (Wildman–Crippen MR) is 71.5 cm³/mol. The standard InChI is InChI=1S/C10H12N5O7P/c11-7-2-8(13-1-12-7)15-9(14-2)6(22-23(18,19)20)5-3(16)4(17)10(15)21-5/h1,3-6,10,16-17H,(H2,11,12,13)(H2,18,19,20)/t3?,4?,5-,6-,10+/m0/s1. The van der Waals surface area contributed by atoms with Crippen LogP contribution in [0.15, 0.2) is 6.33 Å². The molecule has 0 aliphatic carbocycles. The third-order valence-corrected chi connectivity index (χ3v) is 4.37. The number of nitrogens with two attached hydrogens (primary N) is 1. The Morgan fingerprint density at radius 1 is 1.30 bits per heavy atom. The number of aromatic nitrogens is 4. The monoisotopic (exact) mass is 345 g/mol. The van der Waals surface area contributed by atoms with Crippen molar-refractivity contribution in [1.82, 2.24) is 19.5 Å². The molecule has 0 spiro atoms. The Balaban J connectivity index is 1.96. The fourth-order valence-corrected chi connectivity index (χ4v) is 3.46. The first-order valence-electron chi connectivity index (χ1n) is 6.52. The second kappa shape index (κ2) is 4.68. The van der Waals surface area contributed by atoms with E-state index in [0.717, 1.165) is 0 Å². The molecule has 2 aromatic rings. The van der Waals surface area contributed by atoms with Crippen molar-refractivity contribution in [1.29, 1.82) is 0 Å². The van der Waals surface area contributed by atoms with Gasteiger partial charge in [-0.25, -0.2) is 19.5 Å². The van der Waals surface area contributed by atoms with E-state index >= 15 is 0 Å². The summed E-state index contributed by atoms with van der Waals surface area (Å²) in [5.74, 6) is 0.0881. The SMILES string of the molecule is Nc1ncnc2c1nc1n2[C@@H]2O[C@@H](C(O)C2O)[C@@H]1OP(=O)(O)O. The Morgan fingerprint density at radius 3 is 2.74 bits per heavy atom. The first kappa shape index (κ1) is 14.9. The lowest BCUT2D eigenvalue weighted by Gasteiger charge is -2.30. The number of nitrogens with zero attached hydrogens (tertiary/aromatic N) is 4. The summed E-state index contributed by atoms with van der Waals surface area (Å²) in [6.45, 7) is 0. The van der Waals surface area contributed by atoms with Gasteiger partial charge in [-0.2, -0.15) is 0 Å². The summed E-state index contributed by atoms with van der Waals surface area (Å²) in [7, 11) is -4.92. The van der Waals surface area contributed by atoms with Crippen LogP contribution in [0.5, 0.6) is 0 Å². The lowest BCUT2D eigenvalue weighted by molar-refractivity contribution is -0.111. The predicted octanol–water partition coefficient (Wildman–Crippen LogP) is -1.81. The second-order valence-corrected chi connectivity index (χ2v) is 6.45. The van der Waals surface area contributed by atoms with E-state index in [2.05, 4.69) is 15.0 Å². The number of hydrogen-bond acceptors (Lipinski definition) is 9. The van der Waals surface area contributed by atoms with E-state index in [0.29, 0.717) is 0 Å². The van der Waals surface area contributed by atoms with Crippen LogP contribution in [0.2, 0.25) is 0 Å². The summed E-state index contributed by atoms with van der Waals surface area (Å²) in [5.41, 5.74) is 6.10. The van der Waals surface area contributed by atoms with Crippen LogP contribution in [0.3, 0.4) is 0 Å². The molecule has 2 aliphatic heterocycles. The van der Waals surface area contributed by atoms with E-state index in [1.807, 2.05) is 0 Å². The number of nitrogen functional groups attached to an aromatic ring is 1. The molecule has 2 aromatic heterocycles. The van der Waals surface area contributed by atoms with Crippen molar-refractivity contribution in [3.05, 3.63) is 12.2 Å². The van der Waals surface area contributed by atoms with Gasteiger partial charge in [0.05, 0.1) is 0 Å². The molecule has 2 bridgehead atoms. The Bertz CT molecular complexity index is 836. The van der Waals surface area contributed by atoms with Gasteiger partial charge in [-0.15, -0.1) is 0 Å². The van der Waals surface area contributed by atoms with Crippen molar-refractivity contribution in [2.24, 2.45) is 0 Å². The lowest BCUT2D eigenvalue weighted by Crippen LogP contribution is -2.35. The van der Waals surface area contributed by atoms with Gasteiger partial charge in [0.25, 0.3) is 0 Å². The van der Waals surface area contributed by atoms with E-state index in [-0.39, 0.29) is 22.8 Å². The summed E-state index contributed by atoms with van der Waals surface area (Å²) in [6.07, 6.45) is -5.21. The van der Waals surface area contributed by atoms with Gasteiger partial charge in [0.1, 0.15) is 30.5 Å². The van der Waals surface area contributed by atoms with E-state index in [1.54, 1.807) is 0 Å². The average Bonchev–Trinajstić information content (AvgIpc) is 2.96. The van der Waals surface area contributed by atoms with E-state index in [4.69, 9.17) is 24.8 Å². The van der Waals surface area contributed by atoms with Crippen LogP contribution in [-0.2, 0) is 13.8 Å². The molecule has 0 saturated carbocycles. The number of aliphatic hydroxyl groups excluding tert-OH is 2. The average molecular weight is 345 g/mol. The van der Waals surface area contributed by atoms with Crippen molar-refractivity contribution in [3.63, 3.8) is 0 Å². The van der Waals surface area contributed by atoms with Crippen LogP contribution in [0, 0.1) is 0 Å². The molecule has 1 fully saturated rings. The summed E-state index contributed by atoms with van der Waals surface area (Å²) >= 11 is 0. The van der Waals surface area contributed by atoms with Gasteiger partial charge in [0.15, 0.2) is 29.3 Å². The van der Waals surface area contributed by atoms with Gasteiger partial charge < -0.3 is 30.5 Å². The maximum absolute atomic E-state index is 11.2. The number of anilines is 1. The van der Waals surface area contributed by atoms with Gasteiger partial charge in [-0.3, -0.25) is 9.09 Å². The van der Waals surface area contributed by atoms with Gasteiger partial charge in [-0.05, 0) is 0 Å². The Hall–Kier alpha value is -1.66. The number of phosphoric ester groups is 1. The first-order chi connectivity index (χ1) is 10.8. The zero-order chi connectivity index (χ0) is 16.5. The molecular formula is C10H12N5O7P. The van der Waals surface area contributed by atoms with Crippen LogP contribution in [-0.4, -0.2) is 57.8 Å². The largest absolute Gasteiger partial charge is 0.470 e. The van der Waals surface area contributed by atoms with Gasteiger partial charge in [-0.1, -0.05) is 0 Å². The normalized spacial score (nSPS) is 33.1. The summed E-state index contributed by atoms with van der Waals surface area (Å²) in [6, 6.07) is 0. The van der Waals surface area contributed by atoms with Crippen molar-refractivity contribution in [2.45, 2.75) is 30.6 Å². The minimum Gasteiger partial charge on any atom is -0.387 e. The molecule has 5 atom stereocenters. The highest BCUT2D eigenvalue weighted by Gasteiger charge is 2.56. The van der Waals surface area contributed by atoms with Crippen molar-refractivity contribution in [3.8, 4) is 0 Å². The molecule has 4 rings (SSSR count). The molecule has 0 amide bonds. The summed E-state index contributed by atoms with van der Waals surface area (Å²) in [4.78, 5) is 30.2. The maximum Gasteiger partial charge on any atom is 0.470 e. The summed E-state index contributed by atoms with van der Waals surface area (Å²) < 4.78 is 22.7. The minimum absolute atomic E-state index is 0.0346. The maximum atomic E-state index is 11.2. The molecule has 12 nitrogen and oxygen atoms in total. The smallest absolute Gasteiger partial charge is 0.387 e. The van der Waals surface area contributed by atoms with Crippen LogP contribution in [0.4, 0.5) is 5.82 Å². The van der Waals surface area contributed by atoms with Crippen LogP contribution >= 0.6 is 7.82 Å². The highest BCUT2D eigenvalue weighted by Crippen LogP contribution is 2.51. The van der Waals surface area contributed by atoms with Crippen LogP contribution in [0.25, 0.3) is 11.2 Å². The number of aliphatic hydroxyl groups is 2. The highest BCUT2D eigenvalue weighted by atomic mass is 31.2. The summed E-state index contributed by atoms with van der Waals surface area (Å²) in [5, 5.41) is 20.2. The van der Waals surface area contributed by atoms with Crippen molar-refractivity contribution in [2.75, 3.05) is 5.73 Å². The van der Waals surface area contributed by atoms with E-state index < -0.39 is 38.5 Å². The van der Waals surface area contributed by atoms with Crippen LogP contribution < -0.4 is 5.73 Å². The number of hydrogen-bond donors (Lipinski definition) is 5. The zero-order valence-corrected chi connectivity index (χ0v) is 12.2. The second-order valence-electron chi connectivity index (χ2n) is 5.26. The quantitative estimate of drug-likeness (QED) is 0.386. The fourth-order valence-electron chi connectivity index (χ4n) is 2.95. The number of fused-ring (bicyclic) bond motifs is 6. The third-order valence-electron chi connectivity index (χ3n) is 3.87. The Kier molecular flexibility index (Phi) is 3.03. The minimum atomic E-state index is -4.92. The molecule has 0 radical (unpaired) electrons. The Morgan fingerprint density at radius 2 is 2.04 bits per heavy atom. The molecular weight excluding hydrogens is 333 g/mol. The number of phosphoric acid groups is 1. The molecule has 6 N–H and O–H groups in total. The Labute approximate surface area is 127 Å². The lowest BCUT2D eigenvalue weighted by atomic mass is 10.1. The molecule has 2 aliphatic rings. The fraction of sp³-hybridized carbons (Fsp3) is 0.500. The van der Waals surface area contributed by atoms with Gasteiger partial charge in [0, 0.05) is 0 Å². The molecule has 124 valence electrons. The van der Waals surface area contributed by atoms with Crippen molar-refractivity contribution >= 4 is 24.8 Å². The molecule has 0 aromatic carbocycles. The van der Waals surface area contributed by atoms with Gasteiger partial charge in [0.2, 0.25) is 0 Å². The molecule has 13 heteroatoms. The molecule has 2 unspecified atom stereocenters.